The largest absolute Gasteiger partial charge is 0.481 e. The second-order valence-electron chi connectivity index (χ2n) is 8.75. The highest BCUT2D eigenvalue weighted by Crippen LogP contribution is 2.14. The molecule has 5 nitrogen and oxygen atoms in total. The lowest BCUT2D eigenvalue weighted by Crippen LogP contribution is -2.24. The maximum Gasteiger partial charge on any atom is 0.304 e. The molecule has 0 unspecified atom stereocenters. The number of allylic oxidation sites excluding steroid dienone is 1. The van der Waals surface area contributed by atoms with Crippen LogP contribution >= 0.6 is 0 Å². The van der Waals surface area contributed by atoms with Gasteiger partial charge in [-0.3, -0.25) is 4.79 Å². The summed E-state index contributed by atoms with van der Waals surface area (Å²) in [4.78, 5) is 10.4. The van der Waals surface area contributed by atoms with Gasteiger partial charge in [-0.2, -0.15) is 0 Å². The summed E-state index contributed by atoms with van der Waals surface area (Å²) in [5, 5.41) is 9.66. The van der Waals surface area contributed by atoms with Crippen LogP contribution in [0, 0.1) is 0 Å². The van der Waals surface area contributed by atoms with E-state index >= 15 is 0 Å². The first-order valence-corrected chi connectivity index (χ1v) is 14.4. The van der Waals surface area contributed by atoms with Gasteiger partial charge in [0.05, 0.1) is 6.42 Å². The topological polar surface area (TPSA) is 83.5 Å². The zero-order chi connectivity index (χ0) is 23.0. The quantitative estimate of drug-likeness (QED) is 0.148. The first-order valence-electron chi connectivity index (χ1n) is 12.9. The summed E-state index contributed by atoms with van der Waals surface area (Å²) < 4.78 is 25.5. The van der Waals surface area contributed by atoms with Gasteiger partial charge in [-0.1, -0.05) is 122 Å². The minimum Gasteiger partial charge on any atom is -0.481 e. The van der Waals surface area contributed by atoms with E-state index in [1.54, 1.807) is 6.08 Å². The lowest BCUT2D eigenvalue weighted by molar-refractivity contribution is -0.136. The van der Waals surface area contributed by atoms with E-state index in [-0.39, 0.29) is 13.0 Å². The molecule has 6 heteroatoms. The summed E-state index contributed by atoms with van der Waals surface area (Å²) in [7, 11) is -3.50. The highest BCUT2D eigenvalue weighted by molar-refractivity contribution is 7.92. The molecular weight excluding hydrogens is 410 g/mol. The van der Waals surface area contributed by atoms with Gasteiger partial charge in [0.1, 0.15) is 0 Å². The van der Waals surface area contributed by atoms with E-state index in [2.05, 4.69) is 11.6 Å². The monoisotopic (exact) mass is 459 g/mol. The second kappa shape index (κ2) is 22.3. The Kier molecular flexibility index (Phi) is 21.7. The van der Waals surface area contributed by atoms with Crippen molar-refractivity contribution in [3.63, 3.8) is 0 Å². The molecule has 0 spiro atoms. The third-order valence-corrected chi connectivity index (χ3v) is 6.80. The van der Waals surface area contributed by atoms with Gasteiger partial charge < -0.3 is 5.11 Å². The Balaban J connectivity index is 3.28. The minimum absolute atomic E-state index is 0.0683. The van der Waals surface area contributed by atoms with Gasteiger partial charge in [0.15, 0.2) is 0 Å². The molecule has 0 radical (unpaired) electrons. The molecule has 0 fully saturated rings. The Morgan fingerprint density at radius 2 is 1.10 bits per heavy atom. The van der Waals surface area contributed by atoms with E-state index in [0.29, 0.717) is 0 Å². The molecule has 0 rings (SSSR count). The third kappa shape index (κ3) is 25.3. The van der Waals surface area contributed by atoms with Crippen LogP contribution in [0.5, 0.6) is 0 Å². The fourth-order valence-corrected chi connectivity index (χ4v) is 4.58. The van der Waals surface area contributed by atoms with Crippen molar-refractivity contribution in [2.75, 3.05) is 6.54 Å². The molecular formula is C25H49NO4S. The van der Waals surface area contributed by atoms with Crippen molar-refractivity contribution in [2.45, 2.75) is 135 Å². The number of hydrogen-bond acceptors (Lipinski definition) is 3. The molecule has 0 saturated heterocycles. The molecule has 0 aromatic carbocycles. The number of unbranched alkanes of at least 4 members (excludes halogenated alkanes) is 18. The Morgan fingerprint density at radius 3 is 1.48 bits per heavy atom. The molecule has 0 bridgehead atoms. The van der Waals surface area contributed by atoms with Crippen LogP contribution in [-0.2, 0) is 14.8 Å². The fourth-order valence-electron chi connectivity index (χ4n) is 3.71. The number of sulfonamides is 1. The van der Waals surface area contributed by atoms with Gasteiger partial charge in [-0.05, 0) is 12.8 Å². The summed E-state index contributed by atoms with van der Waals surface area (Å²) in [6.45, 7) is 2.20. The van der Waals surface area contributed by atoms with E-state index in [4.69, 9.17) is 5.11 Å². The van der Waals surface area contributed by atoms with Crippen LogP contribution in [0.3, 0.4) is 0 Å². The number of hydrogen-bond donors (Lipinski definition) is 2. The van der Waals surface area contributed by atoms with Crippen molar-refractivity contribution in [1.29, 1.82) is 0 Å². The van der Waals surface area contributed by atoms with Crippen molar-refractivity contribution < 1.29 is 18.3 Å². The Labute approximate surface area is 192 Å². The average molecular weight is 460 g/mol. The van der Waals surface area contributed by atoms with Crippen LogP contribution in [0.25, 0.3) is 0 Å². The van der Waals surface area contributed by atoms with Gasteiger partial charge in [-0.15, -0.1) is 0 Å². The zero-order valence-corrected chi connectivity index (χ0v) is 20.9. The molecule has 0 aromatic heterocycles. The van der Waals surface area contributed by atoms with Gasteiger partial charge in [-0.25, -0.2) is 13.1 Å². The standard InChI is InChI=1S/C25H49NO4S/c1-2-3-4-5-6-7-8-9-10-11-12-13-14-15-16-17-18-19-20-21-24-31(29,30)26-23-22-25(27)28/h21,24,26H,2-20,22-23H2,1H3,(H,27,28)/b24-21+. The molecule has 0 amide bonds. The van der Waals surface area contributed by atoms with Gasteiger partial charge in [0, 0.05) is 12.0 Å². The molecule has 0 saturated carbocycles. The van der Waals surface area contributed by atoms with Crippen LogP contribution in [0.4, 0.5) is 0 Å². The highest BCUT2D eigenvalue weighted by atomic mass is 32.2. The fraction of sp³-hybridized carbons (Fsp3) is 0.880. The van der Waals surface area contributed by atoms with E-state index in [9.17, 15) is 13.2 Å². The number of aliphatic carboxylic acids is 1. The summed E-state index contributed by atoms with van der Waals surface area (Å²) in [5.74, 6) is -1.01. The lowest BCUT2D eigenvalue weighted by atomic mass is 10.0. The molecule has 0 aliphatic heterocycles. The van der Waals surface area contributed by atoms with Crippen LogP contribution in [0.2, 0.25) is 0 Å². The maximum absolute atomic E-state index is 11.6. The number of carboxylic acid groups (broad SMARTS) is 1. The van der Waals surface area contributed by atoms with Gasteiger partial charge in [0.2, 0.25) is 10.0 Å². The third-order valence-electron chi connectivity index (χ3n) is 5.64. The Bertz CT molecular complexity index is 532. The van der Waals surface area contributed by atoms with Crippen LogP contribution in [0.1, 0.15) is 135 Å². The van der Waals surface area contributed by atoms with Gasteiger partial charge >= 0.3 is 5.97 Å². The Hall–Kier alpha value is -0.880. The van der Waals surface area contributed by atoms with Crippen LogP contribution in [-0.4, -0.2) is 26.0 Å². The smallest absolute Gasteiger partial charge is 0.304 e. The normalized spacial score (nSPS) is 12.0. The van der Waals surface area contributed by atoms with E-state index in [1.807, 2.05) is 0 Å². The summed E-state index contributed by atoms with van der Waals surface area (Å²) in [5.41, 5.74) is 0. The molecule has 0 aliphatic rings. The van der Waals surface area contributed by atoms with Crippen LogP contribution in [0.15, 0.2) is 11.5 Å². The summed E-state index contributed by atoms with van der Waals surface area (Å²) >= 11 is 0. The molecule has 184 valence electrons. The predicted molar refractivity (Wildman–Crippen MR) is 132 cm³/mol. The first kappa shape index (κ1) is 30.1. The molecule has 0 aliphatic carbocycles. The average Bonchev–Trinajstić information content (AvgIpc) is 2.72. The molecule has 2 N–H and O–H groups in total. The minimum atomic E-state index is -3.50. The molecule has 0 heterocycles. The number of rotatable bonds is 24. The number of carbonyl (C=O) groups is 1. The zero-order valence-electron chi connectivity index (χ0n) is 20.1. The first-order chi connectivity index (χ1) is 15.0. The second-order valence-corrected chi connectivity index (χ2v) is 10.4. The van der Waals surface area contributed by atoms with Crippen molar-refractivity contribution >= 4 is 16.0 Å². The van der Waals surface area contributed by atoms with Crippen molar-refractivity contribution in [3.8, 4) is 0 Å². The van der Waals surface area contributed by atoms with E-state index in [1.165, 1.54) is 103 Å². The van der Waals surface area contributed by atoms with Crippen molar-refractivity contribution in [2.24, 2.45) is 0 Å². The van der Waals surface area contributed by atoms with E-state index in [0.717, 1.165) is 24.7 Å². The van der Waals surface area contributed by atoms with Crippen molar-refractivity contribution in [3.05, 3.63) is 11.5 Å². The number of nitrogens with one attached hydrogen (secondary N) is 1. The lowest BCUT2D eigenvalue weighted by Gasteiger charge is -2.03. The van der Waals surface area contributed by atoms with Crippen LogP contribution < -0.4 is 4.72 Å². The summed E-state index contributed by atoms with van der Waals surface area (Å²) in [6, 6.07) is 0. The number of carboxylic acids is 1. The molecule has 31 heavy (non-hydrogen) atoms. The van der Waals surface area contributed by atoms with Gasteiger partial charge in [0.25, 0.3) is 0 Å². The van der Waals surface area contributed by atoms with Crippen molar-refractivity contribution in [1.82, 2.24) is 4.72 Å². The Morgan fingerprint density at radius 1 is 0.710 bits per heavy atom. The molecule has 0 aromatic rings. The molecule has 0 atom stereocenters. The predicted octanol–water partition coefficient (Wildman–Crippen LogP) is 7.33. The highest BCUT2D eigenvalue weighted by Gasteiger charge is 2.05. The summed E-state index contributed by atoms with van der Waals surface area (Å²) in [6.07, 6.45) is 26.4. The maximum atomic E-state index is 11.6. The van der Waals surface area contributed by atoms with E-state index < -0.39 is 16.0 Å². The SMILES string of the molecule is CCCCCCCCCCCCCCCCCCCC/C=C/S(=O)(=O)NCCC(=O)O.